The van der Waals surface area contributed by atoms with E-state index in [2.05, 4.69) is 29.2 Å². The van der Waals surface area contributed by atoms with Crippen molar-refractivity contribution >= 4 is 23.6 Å². The first-order valence-electron chi connectivity index (χ1n) is 8.81. The summed E-state index contributed by atoms with van der Waals surface area (Å²) in [7, 11) is 0. The standard InChI is InChI=1S/C21H23ClN2O2/c22-19-9-4-10-20(16-19)26-17-21(25)24-14-12-23(13-15-24)11-5-8-18-6-2-1-3-7-18/h1-10,16H,11-15,17H2/b8-5+. The molecule has 5 heteroatoms. The smallest absolute Gasteiger partial charge is 0.260 e. The molecule has 2 aromatic carbocycles. The van der Waals surface area contributed by atoms with Gasteiger partial charge in [0, 0.05) is 37.7 Å². The molecule has 0 atom stereocenters. The van der Waals surface area contributed by atoms with Crippen LogP contribution in [0.15, 0.2) is 60.7 Å². The van der Waals surface area contributed by atoms with Gasteiger partial charge in [-0.1, -0.05) is 60.2 Å². The minimum atomic E-state index is 0.0180. The number of benzene rings is 2. The molecule has 4 nitrogen and oxygen atoms in total. The van der Waals surface area contributed by atoms with Gasteiger partial charge >= 0.3 is 0 Å². The fourth-order valence-electron chi connectivity index (χ4n) is 2.87. The third kappa shape index (κ3) is 5.61. The lowest BCUT2D eigenvalue weighted by Crippen LogP contribution is -2.49. The molecule has 0 spiro atoms. The molecule has 0 saturated carbocycles. The number of piperazine rings is 1. The van der Waals surface area contributed by atoms with E-state index in [9.17, 15) is 4.79 Å². The van der Waals surface area contributed by atoms with Crippen molar-refractivity contribution in [2.75, 3.05) is 39.3 Å². The first-order chi connectivity index (χ1) is 12.7. The first-order valence-corrected chi connectivity index (χ1v) is 9.18. The molecule has 3 rings (SSSR count). The third-order valence-corrected chi connectivity index (χ3v) is 4.59. The van der Waals surface area contributed by atoms with Crippen LogP contribution >= 0.6 is 11.6 Å². The van der Waals surface area contributed by atoms with Gasteiger partial charge in [0.1, 0.15) is 5.75 Å². The van der Waals surface area contributed by atoms with Gasteiger partial charge in [-0.25, -0.2) is 0 Å². The predicted octanol–water partition coefficient (Wildman–Crippen LogP) is 3.58. The molecular formula is C21H23ClN2O2. The van der Waals surface area contributed by atoms with Gasteiger partial charge in [0.15, 0.2) is 6.61 Å². The lowest BCUT2D eigenvalue weighted by molar-refractivity contribution is -0.135. The van der Waals surface area contributed by atoms with E-state index in [1.165, 1.54) is 5.56 Å². The summed E-state index contributed by atoms with van der Waals surface area (Å²) in [5, 5.41) is 0.604. The van der Waals surface area contributed by atoms with Crippen LogP contribution in [0.1, 0.15) is 5.56 Å². The summed E-state index contributed by atoms with van der Waals surface area (Å²) in [6.07, 6.45) is 4.31. The number of ether oxygens (including phenoxy) is 1. The van der Waals surface area contributed by atoms with E-state index in [1.54, 1.807) is 18.2 Å². The van der Waals surface area contributed by atoms with Gasteiger partial charge < -0.3 is 9.64 Å². The number of hydrogen-bond donors (Lipinski definition) is 0. The highest BCUT2D eigenvalue weighted by molar-refractivity contribution is 6.30. The Labute approximate surface area is 159 Å². The summed E-state index contributed by atoms with van der Waals surface area (Å²) in [4.78, 5) is 16.5. The van der Waals surface area contributed by atoms with Crippen molar-refractivity contribution in [3.05, 3.63) is 71.3 Å². The summed E-state index contributed by atoms with van der Waals surface area (Å²) in [6.45, 7) is 4.17. The maximum Gasteiger partial charge on any atom is 0.260 e. The second-order valence-corrected chi connectivity index (χ2v) is 6.68. The summed E-state index contributed by atoms with van der Waals surface area (Å²) >= 11 is 5.92. The van der Waals surface area contributed by atoms with Crippen molar-refractivity contribution in [3.63, 3.8) is 0 Å². The lowest BCUT2D eigenvalue weighted by atomic mass is 10.2. The summed E-state index contributed by atoms with van der Waals surface area (Å²) in [5.74, 6) is 0.639. The van der Waals surface area contributed by atoms with Crippen molar-refractivity contribution in [1.82, 2.24) is 9.80 Å². The van der Waals surface area contributed by atoms with Crippen LogP contribution < -0.4 is 4.74 Å². The average Bonchev–Trinajstić information content (AvgIpc) is 2.68. The summed E-state index contributed by atoms with van der Waals surface area (Å²) < 4.78 is 5.54. The summed E-state index contributed by atoms with van der Waals surface area (Å²) in [5.41, 5.74) is 1.21. The largest absolute Gasteiger partial charge is 0.484 e. The highest BCUT2D eigenvalue weighted by Crippen LogP contribution is 2.17. The van der Waals surface area contributed by atoms with Crippen LogP contribution in [0.25, 0.3) is 6.08 Å². The SMILES string of the molecule is O=C(COc1cccc(Cl)c1)N1CCN(C/C=C/c2ccccc2)CC1. The zero-order valence-electron chi connectivity index (χ0n) is 14.7. The van der Waals surface area contributed by atoms with Gasteiger partial charge in [0.05, 0.1) is 0 Å². The molecule has 0 aliphatic carbocycles. The number of carbonyl (C=O) groups excluding carboxylic acids is 1. The number of carbonyl (C=O) groups is 1. The van der Waals surface area contributed by atoms with Gasteiger partial charge in [-0.05, 0) is 23.8 Å². The molecule has 2 aromatic rings. The van der Waals surface area contributed by atoms with E-state index < -0.39 is 0 Å². The average molecular weight is 371 g/mol. The van der Waals surface area contributed by atoms with Gasteiger partial charge in [0.25, 0.3) is 5.91 Å². The third-order valence-electron chi connectivity index (χ3n) is 4.36. The van der Waals surface area contributed by atoms with E-state index in [-0.39, 0.29) is 12.5 Å². The Hall–Kier alpha value is -2.30. The van der Waals surface area contributed by atoms with Crippen molar-refractivity contribution in [3.8, 4) is 5.75 Å². The Kier molecular flexibility index (Phi) is 6.69. The Morgan fingerprint density at radius 3 is 2.54 bits per heavy atom. The molecule has 1 saturated heterocycles. The molecule has 0 radical (unpaired) electrons. The molecule has 0 aromatic heterocycles. The van der Waals surface area contributed by atoms with Gasteiger partial charge in [-0.15, -0.1) is 0 Å². The normalized spacial score (nSPS) is 15.3. The van der Waals surface area contributed by atoms with Crippen molar-refractivity contribution in [1.29, 1.82) is 0 Å². The second kappa shape index (κ2) is 9.41. The molecule has 136 valence electrons. The van der Waals surface area contributed by atoms with Crippen molar-refractivity contribution in [2.45, 2.75) is 0 Å². The van der Waals surface area contributed by atoms with Crippen LogP contribution in [0, 0.1) is 0 Å². The lowest BCUT2D eigenvalue weighted by Gasteiger charge is -2.34. The molecule has 1 aliphatic heterocycles. The van der Waals surface area contributed by atoms with E-state index in [0.29, 0.717) is 10.8 Å². The number of rotatable bonds is 6. The fourth-order valence-corrected chi connectivity index (χ4v) is 3.06. The Bertz CT molecular complexity index is 741. The Balaban J connectivity index is 1.39. The van der Waals surface area contributed by atoms with Crippen LogP contribution in [0.3, 0.4) is 0 Å². The molecule has 0 bridgehead atoms. The van der Waals surface area contributed by atoms with Crippen LogP contribution in [0.4, 0.5) is 0 Å². The van der Waals surface area contributed by atoms with E-state index >= 15 is 0 Å². The fraction of sp³-hybridized carbons (Fsp3) is 0.286. The van der Waals surface area contributed by atoms with Crippen molar-refractivity contribution in [2.24, 2.45) is 0 Å². The molecule has 1 heterocycles. The van der Waals surface area contributed by atoms with Gasteiger partial charge in [-0.3, -0.25) is 9.69 Å². The van der Waals surface area contributed by atoms with Crippen LogP contribution in [0.2, 0.25) is 5.02 Å². The zero-order valence-corrected chi connectivity index (χ0v) is 15.4. The Morgan fingerprint density at radius 2 is 1.81 bits per heavy atom. The maximum atomic E-state index is 12.3. The molecular weight excluding hydrogens is 348 g/mol. The number of amides is 1. The maximum absolute atomic E-state index is 12.3. The minimum absolute atomic E-state index is 0.0180. The zero-order chi connectivity index (χ0) is 18.2. The van der Waals surface area contributed by atoms with Gasteiger partial charge in [-0.2, -0.15) is 0 Å². The monoisotopic (exact) mass is 370 g/mol. The molecule has 0 unspecified atom stereocenters. The predicted molar refractivity (Wildman–Crippen MR) is 105 cm³/mol. The molecule has 1 fully saturated rings. The van der Waals surface area contributed by atoms with E-state index in [4.69, 9.17) is 16.3 Å². The minimum Gasteiger partial charge on any atom is -0.484 e. The molecule has 26 heavy (non-hydrogen) atoms. The first kappa shape index (κ1) is 18.5. The molecule has 1 aliphatic rings. The van der Waals surface area contributed by atoms with Crippen molar-refractivity contribution < 1.29 is 9.53 Å². The quantitative estimate of drug-likeness (QED) is 0.779. The summed E-state index contributed by atoms with van der Waals surface area (Å²) in [6, 6.07) is 17.4. The number of halogens is 1. The second-order valence-electron chi connectivity index (χ2n) is 6.24. The molecule has 1 amide bonds. The highest BCUT2D eigenvalue weighted by atomic mass is 35.5. The van der Waals surface area contributed by atoms with E-state index in [1.807, 2.05) is 29.2 Å². The van der Waals surface area contributed by atoms with Crippen LogP contribution in [-0.4, -0.2) is 55.0 Å². The van der Waals surface area contributed by atoms with Crippen LogP contribution in [-0.2, 0) is 4.79 Å². The van der Waals surface area contributed by atoms with E-state index in [0.717, 1.165) is 32.7 Å². The highest BCUT2D eigenvalue weighted by Gasteiger charge is 2.20. The Morgan fingerprint density at radius 1 is 1.04 bits per heavy atom. The molecule has 0 N–H and O–H groups in total. The number of nitrogens with zero attached hydrogens (tertiary/aromatic N) is 2. The van der Waals surface area contributed by atoms with Crippen LogP contribution in [0.5, 0.6) is 5.75 Å². The van der Waals surface area contributed by atoms with Gasteiger partial charge in [0.2, 0.25) is 0 Å². The topological polar surface area (TPSA) is 32.8 Å². The number of hydrogen-bond acceptors (Lipinski definition) is 3.